The second-order valence-electron chi connectivity index (χ2n) is 5.27. The van der Waals surface area contributed by atoms with Gasteiger partial charge in [0.1, 0.15) is 11.9 Å². The molecule has 0 saturated carbocycles. The Morgan fingerprint density at radius 1 is 1.24 bits per heavy atom. The zero-order valence-corrected chi connectivity index (χ0v) is 11.5. The van der Waals surface area contributed by atoms with Crippen molar-refractivity contribution in [3.63, 3.8) is 0 Å². The van der Waals surface area contributed by atoms with E-state index in [0.29, 0.717) is 23.3 Å². The molecule has 0 bridgehead atoms. The maximum Gasteiger partial charge on any atom is 0.122 e. The van der Waals surface area contributed by atoms with Gasteiger partial charge in [0, 0.05) is 11.7 Å². The fourth-order valence-corrected chi connectivity index (χ4v) is 2.27. The minimum Gasteiger partial charge on any atom is -0.384 e. The van der Waals surface area contributed by atoms with Gasteiger partial charge in [-0.3, -0.25) is 0 Å². The van der Waals surface area contributed by atoms with E-state index in [0.717, 1.165) is 17.7 Å². The average Bonchev–Trinajstić information content (AvgIpc) is 2.47. The number of nitrogens with two attached hydrogens (primary N) is 1. The standard InChI is InChI=1S/C14H23N3/c1-9(2)6-7-10(3)17-12(5)11(4)13(8-15)14(17)16/h9-10H,6-7,16H2,1-5H3. The van der Waals surface area contributed by atoms with Crippen LogP contribution in [0.25, 0.3) is 0 Å². The van der Waals surface area contributed by atoms with Crippen LogP contribution in [0.3, 0.4) is 0 Å². The highest BCUT2D eigenvalue weighted by molar-refractivity contribution is 5.58. The summed E-state index contributed by atoms with van der Waals surface area (Å²) < 4.78 is 2.11. The van der Waals surface area contributed by atoms with Gasteiger partial charge < -0.3 is 10.3 Å². The van der Waals surface area contributed by atoms with Gasteiger partial charge in [-0.2, -0.15) is 5.26 Å². The first-order valence-electron chi connectivity index (χ1n) is 6.27. The van der Waals surface area contributed by atoms with Crippen LogP contribution in [0, 0.1) is 31.1 Å². The molecule has 1 aromatic rings. The van der Waals surface area contributed by atoms with Gasteiger partial charge in [0.15, 0.2) is 0 Å². The molecular formula is C14H23N3. The first-order chi connectivity index (χ1) is 7.90. The minimum absolute atomic E-state index is 0.359. The van der Waals surface area contributed by atoms with Crippen LogP contribution in [0.2, 0.25) is 0 Å². The SMILES string of the molecule is Cc1c(C#N)c(N)n(C(C)CCC(C)C)c1C. The summed E-state index contributed by atoms with van der Waals surface area (Å²) in [4.78, 5) is 0. The Labute approximate surface area is 104 Å². The van der Waals surface area contributed by atoms with Crippen molar-refractivity contribution in [2.75, 3.05) is 5.73 Å². The number of rotatable bonds is 4. The van der Waals surface area contributed by atoms with Crippen LogP contribution in [0.15, 0.2) is 0 Å². The zero-order valence-electron chi connectivity index (χ0n) is 11.5. The second-order valence-corrected chi connectivity index (χ2v) is 5.27. The molecule has 1 aromatic heterocycles. The van der Waals surface area contributed by atoms with Crippen LogP contribution in [-0.4, -0.2) is 4.57 Å². The van der Waals surface area contributed by atoms with Gasteiger partial charge >= 0.3 is 0 Å². The molecule has 3 heteroatoms. The summed E-state index contributed by atoms with van der Waals surface area (Å²) in [6.45, 7) is 10.6. The lowest BCUT2D eigenvalue weighted by Gasteiger charge is -2.19. The van der Waals surface area contributed by atoms with Crippen LogP contribution in [0.5, 0.6) is 0 Å². The zero-order chi connectivity index (χ0) is 13.2. The highest BCUT2D eigenvalue weighted by Crippen LogP contribution is 2.29. The molecule has 94 valence electrons. The molecule has 0 spiro atoms. The normalized spacial score (nSPS) is 12.8. The van der Waals surface area contributed by atoms with Crippen molar-refractivity contribution in [3.05, 3.63) is 16.8 Å². The van der Waals surface area contributed by atoms with Crippen LogP contribution in [0.1, 0.15) is 56.5 Å². The van der Waals surface area contributed by atoms with Gasteiger partial charge in [-0.1, -0.05) is 13.8 Å². The lowest BCUT2D eigenvalue weighted by Crippen LogP contribution is -2.11. The molecule has 0 aromatic carbocycles. The summed E-state index contributed by atoms with van der Waals surface area (Å²) >= 11 is 0. The molecule has 0 aliphatic carbocycles. The Hall–Kier alpha value is -1.43. The summed E-state index contributed by atoms with van der Waals surface area (Å²) in [5.74, 6) is 1.32. The van der Waals surface area contributed by atoms with E-state index in [4.69, 9.17) is 11.0 Å². The predicted octanol–water partition coefficient (Wildman–Crippen LogP) is 3.56. The molecule has 1 rings (SSSR count). The lowest BCUT2D eigenvalue weighted by molar-refractivity contribution is 0.438. The van der Waals surface area contributed by atoms with Crippen molar-refractivity contribution in [2.45, 2.75) is 53.5 Å². The van der Waals surface area contributed by atoms with Gasteiger partial charge in [0.2, 0.25) is 0 Å². The second kappa shape index (κ2) is 5.27. The average molecular weight is 233 g/mol. The predicted molar refractivity (Wildman–Crippen MR) is 71.8 cm³/mol. The molecule has 0 fully saturated rings. The van der Waals surface area contributed by atoms with Gasteiger partial charge in [0.25, 0.3) is 0 Å². The molecule has 1 atom stereocenters. The third kappa shape index (κ3) is 2.63. The topological polar surface area (TPSA) is 54.7 Å². The van der Waals surface area contributed by atoms with Gasteiger partial charge in [-0.05, 0) is 45.1 Å². The molecule has 1 heterocycles. The van der Waals surface area contributed by atoms with E-state index in [1.807, 2.05) is 13.8 Å². The number of nitriles is 1. The lowest BCUT2D eigenvalue weighted by atomic mass is 10.0. The number of aromatic nitrogens is 1. The van der Waals surface area contributed by atoms with Crippen LogP contribution in [0.4, 0.5) is 5.82 Å². The Kier molecular flexibility index (Phi) is 4.22. The molecule has 0 amide bonds. The molecule has 1 unspecified atom stereocenters. The molecule has 0 aliphatic heterocycles. The highest BCUT2D eigenvalue weighted by atomic mass is 15.1. The Morgan fingerprint density at radius 2 is 1.82 bits per heavy atom. The summed E-state index contributed by atoms with van der Waals surface area (Å²) in [6.07, 6.45) is 2.28. The third-order valence-electron chi connectivity index (χ3n) is 3.51. The quantitative estimate of drug-likeness (QED) is 0.864. The summed E-state index contributed by atoms with van der Waals surface area (Å²) in [5.41, 5.74) is 8.84. The largest absolute Gasteiger partial charge is 0.384 e. The van der Waals surface area contributed by atoms with Gasteiger partial charge in [-0.25, -0.2) is 0 Å². The molecule has 3 nitrogen and oxygen atoms in total. The smallest absolute Gasteiger partial charge is 0.122 e. The van der Waals surface area contributed by atoms with E-state index in [2.05, 4.69) is 31.4 Å². The molecule has 0 saturated heterocycles. The summed E-state index contributed by atoms with van der Waals surface area (Å²) in [5, 5.41) is 9.09. The Morgan fingerprint density at radius 3 is 2.24 bits per heavy atom. The number of nitrogen functional groups attached to an aromatic ring is 1. The summed E-state index contributed by atoms with van der Waals surface area (Å²) in [6, 6.07) is 2.56. The monoisotopic (exact) mass is 233 g/mol. The van der Waals surface area contributed by atoms with E-state index < -0.39 is 0 Å². The molecular weight excluding hydrogens is 210 g/mol. The number of hydrogen-bond donors (Lipinski definition) is 1. The molecule has 2 N–H and O–H groups in total. The van der Waals surface area contributed by atoms with Gasteiger partial charge in [0.05, 0.1) is 5.56 Å². The maximum absolute atomic E-state index is 9.09. The third-order valence-corrected chi connectivity index (χ3v) is 3.51. The van der Waals surface area contributed by atoms with Crippen LogP contribution in [-0.2, 0) is 0 Å². The first-order valence-corrected chi connectivity index (χ1v) is 6.27. The van der Waals surface area contributed by atoms with Gasteiger partial charge in [-0.15, -0.1) is 0 Å². The van der Waals surface area contributed by atoms with E-state index in [-0.39, 0.29) is 0 Å². The minimum atomic E-state index is 0.359. The van der Waals surface area contributed by atoms with Crippen LogP contribution >= 0.6 is 0 Å². The number of nitrogens with zero attached hydrogens (tertiary/aromatic N) is 2. The summed E-state index contributed by atoms with van der Waals surface area (Å²) in [7, 11) is 0. The van der Waals surface area contributed by atoms with Crippen molar-refractivity contribution >= 4 is 5.82 Å². The van der Waals surface area contributed by atoms with Crippen LogP contribution < -0.4 is 5.73 Å². The molecule has 17 heavy (non-hydrogen) atoms. The fraction of sp³-hybridized carbons (Fsp3) is 0.643. The van der Waals surface area contributed by atoms with Crippen molar-refractivity contribution in [1.29, 1.82) is 5.26 Å². The van der Waals surface area contributed by atoms with E-state index in [1.54, 1.807) is 0 Å². The first kappa shape index (κ1) is 13.6. The fourth-order valence-electron chi connectivity index (χ4n) is 2.27. The van der Waals surface area contributed by atoms with Crippen molar-refractivity contribution in [3.8, 4) is 6.07 Å². The Bertz CT molecular complexity index is 435. The van der Waals surface area contributed by atoms with Crippen molar-refractivity contribution < 1.29 is 0 Å². The number of hydrogen-bond acceptors (Lipinski definition) is 2. The van der Waals surface area contributed by atoms with E-state index >= 15 is 0 Å². The maximum atomic E-state index is 9.09. The van der Waals surface area contributed by atoms with Crippen molar-refractivity contribution in [1.82, 2.24) is 4.57 Å². The van der Waals surface area contributed by atoms with E-state index in [9.17, 15) is 0 Å². The van der Waals surface area contributed by atoms with Crippen molar-refractivity contribution in [2.24, 2.45) is 5.92 Å². The van der Waals surface area contributed by atoms with E-state index in [1.165, 1.54) is 6.42 Å². The Balaban J connectivity index is 3.02. The molecule has 0 radical (unpaired) electrons. The highest BCUT2D eigenvalue weighted by Gasteiger charge is 2.18. The molecule has 0 aliphatic rings. The number of anilines is 1.